The van der Waals surface area contributed by atoms with Crippen LogP contribution in [0.25, 0.3) is 0 Å². The van der Waals surface area contributed by atoms with Gasteiger partial charge in [0.25, 0.3) is 0 Å². The average molecular weight is 533 g/mol. The number of epoxide rings is 1. The summed E-state index contributed by atoms with van der Waals surface area (Å²) in [5.41, 5.74) is -5.59. The fraction of sp³-hybridized carbons (Fsp3) is 0.714. The van der Waals surface area contributed by atoms with Crippen LogP contribution in [0.3, 0.4) is 0 Å². The van der Waals surface area contributed by atoms with Gasteiger partial charge in [0.15, 0.2) is 6.10 Å². The first-order chi connectivity index (χ1) is 17.6. The van der Waals surface area contributed by atoms with E-state index in [1.165, 1.54) is 19.5 Å². The van der Waals surface area contributed by atoms with E-state index in [0.29, 0.717) is 18.4 Å². The number of ether oxygens (including phenoxy) is 3. The number of Topliss-reactive ketones (excluding diaryl/α,β-unsaturated/α-hetero) is 1. The molecule has 1 aromatic rings. The molecule has 5 rings (SSSR count). The molecule has 4 aliphatic rings. The highest BCUT2D eigenvalue weighted by atomic mass is 16.6. The first-order valence-corrected chi connectivity index (χ1v) is 13.1. The van der Waals surface area contributed by atoms with Gasteiger partial charge in [-0.1, -0.05) is 13.8 Å². The van der Waals surface area contributed by atoms with Gasteiger partial charge in [-0.05, 0) is 45.6 Å². The summed E-state index contributed by atoms with van der Waals surface area (Å²) in [7, 11) is 0. The minimum absolute atomic E-state index is 0.0309. The number of cyclic esters (lactones) is 1. The standard InChI is InChI=1S/C28H36O10/c1-14(29)36-19-12-20(31)37-24(2,3)17-11-18(30)27(6)16(26(17,19)5)7-9-25(4,21(32)15-8-10-35-13-15)28(27)22(38-28)23(33)34/h8,10,13,16-17,19,21-22,32H,7,9,11-12H2,1-6H3,(H,33,34)/t16-,17+,19?,21-,22-,25+,26-,27+,28-/m1/s1. The van der Waals surface area contributed by atoms with Crippen LogP contribution >= 0.6 is 0 Å². The molecule has 0 radical (unpaired) electrons. The van der Waals surface area contributed by atoms with E-state index in [1.54, 1.807) is 33.8 Å². The zero-order chi connectivity index (χ0) is 28.1. The maximum absolute atomic E-state index is 14.4. The van der Waals surface area contributed by atoms with Crippen molar-refractivity contribution in [3.05, 3.63) is 24.2 Å². The monoisotopic (exact) mass is 532 g/mol. The second-order valence-corrected chi connectivity index (χ2v) is 12.7. The Kier molecular flexibility index (Phi) is 5.76. The number of carboxylic acid groups (broad SMARTS) is 1. The van der Waals surface area contributed by atoms with E-state index in [4.69, 9.17) is 18.6 Å². The van der Waals surface area contributed by atoms with Gasteiger partial charge in [-0.25, -0.2) is 4.79 Å². The quantitative estimate of drug-likeness (QED) is 0.436. The third kappa shape index (κ3) is 3.19. The molecule has 2 N–H and O–H groups in total. The van der Waals surface area contributed by atoms with Crippen LogP contribution in [0.5, 0.6) is 0 Å². The molecule has 1 aromatic heterocycles. The van der Waals surface area contributed by atoms with Crippen molar-refractivity contribution >= 4 is 23.7 Å². The Labute approximate surface area is 221 Å². The summed E-state index contributed by atoms with van der Waals surface area (Å²) in [5, 5.41) is 21.8. The minimum atomic E-state index is -1.54. The lowest BCUT2D eigenvalue weighted by Gasteiger charge is -2.65. The van der Waals surface area contributed by atoms with Crippen LogP contribution in [-0.2, 0) is 33.4 Å². The van der Waals surface area contributed by atoms with E-state index in [-0.39, 0.29) is 18.6 Å². The number of aliphatic hydroxyl groups is 1. The Morgan fingerprint density at radius 1 is 1.11 bits per heavy atom. The first-order valence-electron chi connectivity index (χ1n) is 13.1. The maximum atomic E-state index is 14.4. The lowest BCUT2D eigenvalue weighted by Crippen LogP contribution is -2.71. The van der Waals surface area contributed by atoms with E-state index in [2.05, 4.69) is 0 Å². The summed E-state index contributed by atoms with van der Waals surface area (Å²) in [6.07, 6.45) is -0.0325. The number of fused-ring (bicyclic) bond motifs is 4. The van der Waals surface area contributed by atoms with Gasteiger partial charge >= 0.3 is 17.9 Å². The van der Waals surface area contributed by atoms with Gasteiger partial charge in [-0.15, -0.1) is 0 Å². The number of carbonyl (C=O) groups is 4. The number of esters is 2. The largest absolute Gasteiger partial charge is 0.479 e. The van der Waals surface area contributed by atoms with Crippen LogP contribution in [0.15, 0.2) is 23.0 Å². The third-order valence-corrected chi connectivity index (χ3v) is 10.6. The second kappa shape index (κ2) is 8.14. The highest BCUT2D eigenvalue weighted by Crippen LogP contribution is 2.77. The Bertz CT molecular complexity index is 1190. The Hall–Kier alpha value is -2.72. The Morgan fingerprint density at radius 2 is 1.79 bits per heavy atom. The number of ketones is 1. The topological polar surface area (TPSA) is 153 Å². The molecule has 1 spiro atoms. The molecule has 3 heterocycles. The highest BCUT2D eigenvalue weighted by molar-refractivity contribution is 5.92. The predicted molar refractivity (Wildman–Crippen MR) is 129 cm³/mol. The van der Waals surface area contributed by atoms with Crippen LogP contribution in [-0.4, -0.2) is 57.3 Å². The number of aliphatic hydroxyl groups excluding tert-OH is 1. The van der Waals surface area contributed by atoms with E-state index in [0.717, 1.165) is 0 Å². The van der Waals surface area contributed by atoms with Crippen molar-refractivity contribution in [2.45, 2.75) is 96.7 Å². The van der Waals surface area contributed by atoms with Gasteiger partial charge < -0.3 is 28.8 Å². The molecule has 2 saturated carbocycles. The fourth-order valence-corrected chi connectivity index (χ4v) is 8.90. The summed E-state index contributed by atoms with van der Waals surface area (Å²) >= 11 is 0. The summed E-state index contributed by atoms with van der Waals surface area (Å²) < 4.78 is 22.9. The van der Waals surface area contributed by atoms with Crippen molar-refractivity contribution in [3.63, 3.8) is 0 Å². The third-order valence-electron chi connectivity index (χ3n) is 10.6. The predicted octanol–water partition coefficient (Wildman–Crippen LogP) is 3.21. The zero-order valence-corrected chi connectivity index (χ0v) is 22.6. The zero-order valence-electron chi connectivity index (χ0n) is 22.6. The smallest absolute Gasteiger partial charge is 0.335 e. The lowest BCUT2D eigenvalue weighted by molar-refractivity contribution is -0.227. The summed E-state index contributed by atoms with van der Waals surface area (Å²) in [5.74, 6) is -3.55. The normalized spacial score (nSPS) is 44.3. The van der Waals surface area contributed by atoms with Crippen molar-refractivity contribution in [1.29, 1.82) is 0 Å². The number of carbonyl (C=O) groups excluding carboxylic acids is 3. The van der Waals surface area contributed by atoms with E-state index < -0.39 is 75.5 Å². The van der Waals surface area contributed by atoms with Crippen molar-refractivity contribution in [2.75, 3.05) is 0 Å². The number of rotatable bonds is 4. The molecule has 38 heavy (non-hydrogen) atoms. The van der Waals surface area contributed by atoms with Crippen LogP contribution in [0.2, 0.25) is 0 Å². The van der Waals surface area contributed by atoms with Gasteiger partial charge in [-0.3, -0.25) is 14.4 Å². The van der Waals surface area contributed by atoms with Gasteiger partial charge in [0, 0.05) is 35.7 Å². The number of hydrogen-bond donors (Lipinski definition) is 2. The highest BCUT2D eigenvalue weighted by Gasteiger charge is 2.86. The minimum Gasteiger partial charge on any atom is -0.479 e. The number of furan rings is 1. The molecule has 2 saturated heterocycles. The molecule has 4 fully saturated rings. The first kappa shape index (κ1) is 26.9. The number of aliphatic carboxylic acids is 1. The number of carboxylic acids is 1. The van der Waals surface area contributed by atoms with Gasteiger partial charge in [-0.2, -0.15) is 0 Å². The molecular weight excluding hydrogens is 496 g/mol. The Balaban J connectivity index is 1.72. The van der Waals surface area contributed by atoms with E-state index in [1.807, 2.05) is 6.92 Å². The SMILES string of the molecule is CC(=O)OC1CC(=O)OC(C)(C)[C@@H]2CC(=O)[C@]3(C)[C@H](CC[C@@](C)([C@H](O)c4ccoc4)[C@@]34O[C@@H]4C(=O)O)[C@@]12C. The van der Waals surface area contributed by atoms with Crippen LogP contribution in [0.4, 0.5) is 0 Å². The van der Waals surface area contributed by atoms with Gasteiger partial charge in [0.05, 0.1) is 30.5 Å². The summed E-state index contributed by atoms with van der Waals surface area (Å²) in [6, 6.07) is 1.61. The molecule has 0 bridgehead atoms. The van der Waals surface area contributed by atoms with Crippen molar-refractivity contribution in [1.82, 2.24) is 0 Å². The maximum Gasteiger partial charge on any atom is 0.335 e. The summed E-state index contributed by atoms with van der Waals surface area (Å²) in [6.45, 7) is 10.2. The molecule has 0 amide bonds. The van der Waals surface area contributed by atoms with Crippen molar-refractivity contribution in [3.8, 4) is 0 Å². The lowest BCUT2D eigenvalue weighted by atomic mass is 9.37. The average Bonchev–Trinajstić information content (AvgIpc) is 3.38. The molecule has 10 heteroatoms. The Morgan fingerprint density at radius 3 is 2.34 bits per heavy atom. The second-order valence-electron chi connectivity index (χ2n) is 12.7. The van der Waals surface area contributed by atoms with Crippen molar-refractivity contribution < 1.29 is 48.0 Å². The molecule has 0 aromatic carbocycles. The van der Waals surface area contributed by atoms with Crippen LogP contribution in [0.1, 0.15) is 78.9 Å². The molecule has 208 valence electrons. The fourth-order valence-electron chi connectivity index (χ4n) is 8.90. The summed E-state index contributed by atoms with van der Waals surface area (Å²) in [4.78, 5) is 51.9. The molecule has 9 atom stereocenters. The molecule has 2 aliphatic carbocycles. The van der Waals surface area contributed by atoms with Crippen molar-refractivity contribution in [2.24, 2.45) is 28.1 Å². The van der Waals surface area contributed by atoms with E-state index in [9.17, 15) is 29.4 Å². The molecule has 10 nitrogen and oxygen atoms in total. The van der Waals surface area contributed by atoms with Gasteiger partial charge in [0.1, 0.15) is 23.1 Å². The number of hydrogen-bond acceptors (Lipinski definition) is 9. The molecule has 1 unspecified atom stereocenters. The van der Waals surface area contributed by atoms with Crippen LogP contribution < -0.4 is 0 Å². The van der Waals surface area contributed by atoms with Crippen LogP contribution in [0, 0.1) is 28.1 Å². The van der Waals surface area contributed by atoms with Gasteiger partial charge in [0.2, 0.25) is 0 Å². The molecular formula is C28H36O10. The van der Waals surface area contributed by atoms with E-state index >= 15 is 0 Å². The molecule has 2 aliphatic heterocycles.